The van der Waals surface area contributed by atoms with E-state index in [1.807, 2.05) is 37.3 Å². The van der Waals surface area contributed by atoms with Crippen LogP contribution < -0.4 is 0 Å². The van der Waals surface area contributed by atoms with E-state index in [9.17, 15) is 4.39 Å². The molecule has 0 amide bonds. The van der Waals surface area contributed by atoms with Crippen molar-refractivity contribution in [2.24, 2.45) is 0 Å². The summed E-state index contributed by atoms with van der Waals surface area (Å²) in [5.74, 6) is -0.267. The topological polar surface area (TPSA) is 0 Å². The first-order chi connectivity index (χ1) is 8.58. The number of benzene rings is 2. The lowest BCUT2D eigenvalue weighted by molar-refractivity contribution is 0.604. The number of alkyl halides is 1. The van der Waals surface area contributed by atoms with E-state index in [0.717, 1.165) is 10.0 Å². The van der Waals surface area contributed by atoms with Crippen molar-refractivity contribution in [3.05, 3.63) is 69.4 Å². The maximum Gasteiger partial charge on any atom is 0.129 e. The molecule has 2 aromatic rings. The molecule has 0 saturated carbocycles. The third kappa shape index (κ3) is 3.12. The predicted molar refractivity (Wildman–Crippen MR) is 77.6 cm³/mol. The van der Waals surface area contributed by atoms with Crippen LogP contribution in [0.5, 0.6) is 0 Å². The lowest BCUT2D eigenvalue weighted by Gasteiger charge is -2.13. The Hall–Kier alpha value is -0.860. The van der Waals surface area contributed by atoms with Gasteiger partial charge in [-0.2, -0.15) is 0 Å². The number of halogens is 3. The van der Waals surface area contributed by atoms with Crippen molar-refractivity contribution < 1.29 is 4.39 Å². The summed E-state index contributed by atoms with van der Waals surface area (Å²) in [4.78, 5) is 0. The number of rotatable bonds is 3. The largest absolute Gasteiger partial charge is 0.207 e. The van der Waals surface area contributed by atoms with E-state index in [0.29, 0.717) is 12.0 Å². The van der Waals surface area contributed by atoms with Crippen molar-refractivity contribution in [1.29, 1.82) is 0 Å². The number of hydrogen-bond donors (Lipinski definition) is 0. The van der Waals surface area contributed by atoms with Crippen molar-refractivity contribution in [3.8, 4) is 0 Å². The minimum absolute atomic E-state index is 0.267. The fraction of sp³-hybridized carbons (Fsp3) is 0.200. The van der Waals surface area contributed by atoms with Gasteiger partial charge in [0, 0.05) is 10.0 Å². The van der Waals surface area contributed by atoms with Gasteiger partial charge in [0.25, 0.3) is 0 Å². The molecule has 0 saturated heterocycles. The van der Waals surface area contributed by atoms with Crippen LogP contribution in [0.15, 0.2) is 46.9 Å². The van der Waals surface area contributed by atoms with Crippen LogP contribution in [0.2, 0.25) is 0 Å². The second kappa shape index (κ2) is 5.85. The van der Waals surface area contributed by atoms with Crippen molar-refractivity contribution in [3.63, 3.8) is 0 Å². The molecular weight excluding hydrogens is 315 g/mol. The molecule has 0 heterocycles. The van der Waals surface area contributed by atoms with Crippen LogP contribution in [-0.2, 0) is 6.42 Å². The summed E-state index contributed by atoms with van der Waals surface area (Å²) < 4.78 is 14.5. The van der Waals surface area contributed by atoms with Gasteiger partial charge in [0.05, 0.1) is 5.38 Å². The molecule has 1 unspecified atom stereocenters. The van der Waals surface area contributed by atoms with Gasteiger partial charge in [-0.25, -0.2) is 4.39 Å². The van der Waals surface area contributed by atoms with Crippen LogP contribution in [0.3, 0.4) is 0 Å². The average Bonchev–Trinajstić information content (AvgIpc) is 2.32. The van der Waals surface area contributed by atoms with Crippen LogP contribution >= 0.6 is 27.5 Å². The van der Waals surface area contributed by atoms with Gasteiger partial charge in [-0.3, -0.25) is 0 Å². The zero-order valence-corrected chi connectivity index (χ0v) is 12.3. The highest BCUT2D eigenvalue weighted by molar-refractivity contribution is 9.10. The summed E-state index contributed by atoms with van der Waals surface area (Å²) in [5.41, 5.74) is 2.84. The van der Waals surface area contributed by atoms with Crippen LogP contribution in [-0.4, -0.2) is 0 Å². The molecule has 3 heteroatoms. The lowest BCUT2D eigenvalue weighted by Crippen LogP contribution is -2.00. The number of aryl methyl sites for hydroxylation is 1. The monoisotopic (exact) mass is 326 g/mol. The van der Waals surface area contributed by atoms with Crippen LogP contribution in [0, 0.1) is 12.7 Å². The molecule has 18 heavy (non-hydrogen) atoms. The van der Waals surface area contributed by atoms with Gasteiger partial charge in [-0.1, -0.05) is 51.8 Å². The normalized spacial score (nSPS) is 12.4. The van der Waals surface area contributed by atoms with Crippen LogP contribution in [0.1, 0.15) is 22.1 Å². The predicted octanol–water partition coefficient (Wildman–Crippen LogP) is 5.42. The standard InChI is InChI=1S/C15H13BrClF/c1-10-5-7-11(8-6-10)9-13(17)15-12(16)3-2-4-14(15)18/h2-8,13H,9H2,1H3. The third-order valence-electron chi connectivity index (χ3n) is 2.85. The highest BCUT2D eigenvalue weighted by Crippen LogP contribution is 2.33. The maximum atomic E-state index is 13.8. The van der Waals surface area contributed by atoms with E-state index < -0.39 is 0 Å². The van der Waals surface area contributed by atoms with Crippen molar-refractivity contribution in [1.82, 2.24) is 0 Å². The zero-order valence-electron chi connectivity index (χ0n) is 9.96. The maximum absolute atomic E-state index is 13.8. The Labute approximate surface area is 120 Å². The van der Waals surface area contributed by atoms with Gasteiger partial charge in [0.15, 0.2) is 0 Å². The molecule has 2 rings (SSSR count). The molecule has 0 fully saturated rings. The van der Waals surface area contributed by atoms with Gasteiger partial charge in [0.2, 0.25) is 0 Å². The van der Waals surface area contributed by atoms with E-state index >= 15 is 0 Å². The summed E-state index contributed by atoms with van der Waals surface area (Å²) in [6, 6.07) is 13.0. The van der Waals surface area contributed by atoms with E-state index in [2.05, 4.69) is 15.9 Å². The van der Waals surface area contributed by atoms with E-state index in [4.69, 9.17) is 11.6 Å². The van der Waals surface area contributed by atoms with E-state index in [-0.39, 0.29) is 11.2 Å². The minimum atomic E-state index is -0.372. The summed E-state index contributed by atoms with van der Waals surface area (Å²) in [7, 11) is 0. The Kier molecular flexibility index (Phi) is 4.41. The van der Waals surface area contributed by atoms with Gasteiger partial charge < -0.3 is 0 Å². The average molecular weight is 328 g/mol. The van der Waals surface area contributed by atoms with Gasteiger partial charge in [0.1, 0.15) is 5.82 Å². The summed E-state index contributed by atoms with van der Waals surface area (Å²) in [5, 5.41) is -0.372. The molecule has 2 aromatic carbocycles. The first-order valence-corrected chi connectivity index (χ1v) is 6.94. The quantitative estimate of drug-likeness (QED) is 0.660. The molecule has 0 bridgehead atoms. The first kappa shape index (κ1) is 13.6. The van der Waals surface area contributed by atoms with Gasteiger partial charge in [-0.15, -0.1) is 11.6 Å². The fourth-order valence-corrected chi connectivity index (χ4v) is 2.99. The molecular formula is C15H13BrClF. The van der Waals surface area contributed by atoms with Crippen molar-refractivity contribution >= 4 is 27.5 Å². The van der Waals surface area contributed by atoms with Crippen molar-refractivity contribution in [2.45, 2.75) is 18.7 Å². The summed E-state index contributed by atoms with van der Waals surface area (Å²) in [6.45, 7) is 2.04. The molecule has 0 radical (unpaired) electrons. The van der Waals surface area contributed by atoms with Crippen LogP contribution in [0.25, 0.3) is 0 Å². The highest BCUT2D eigenvalue weighted by atomic mass is 79.9. The Bertz CT molecular complexity index is 516. The molecule has 1 atom stereocenters. The lowest BCUT2D eigenvalue weighted by atomic mass is 10.0. The third-order valence-corrected chi connectivity index (χ3v) is 3.91. The zero-order chi connectivity index (χ0) is 13.1. The first-order valence-electron chi connectivity index (χ1n) is 5.71. The molecule has 0 spiro atoms. The highest BCUT2D eigenvalue weighted by Gasteiger charge is 2.16. The molecule has 0 aromatic heterocycles. The Morgan fingerprint density at radius 3 is 2.44 bits per heavy atom. The smallest absolute Gasteiger partial charge is 0.129 e. The van der Waals surface area contributed by atoms with Crippen molar-refractivity contribution in [2.75, 3.05) is 0 Å². The van der Waals surface area contributed by atoms with E-state index in [1.165, 1.54) is 11.6 Å². The van der Waals surface area contributed by atoms with Gasteiger partial charge in [-0.05, 0) is 31.0 Å². The van der Waals surface area contributed by atoms with Crippen LogP contribution in [0.4, 0.5) is 4.39 Å². The summed E-state index contributed by atoms with van der Waals surface area (Å²) in [6.07, 6.45) is 0.612. The molecule has 0 N–H and O–H groups in total. The second-order valence-corrected chi connectivity index (χ2v) is 5.67. The molecule has 0 aliphatic rings. The number of hydrogen-bond acceptors (Lipinski definition) is 0. The minimum Gasteiger partial charge on any atom is -0.207 e. The van der Waals surface area contributed by atoms with E-state index in [1.54, 1.807) is 6.07 Å². The fourth-order valence-electron chi connectivity index (χ4n) is 1.84. The Morgan fingerprint density at radius 1 is 1.17 bits per heavy atom. The second-order valence-electron chi connectivity index (χ2n) is 4.29. The Morgan fingerprint density at radius 2 is 1.83 bits per heavy atom. The molecule has 0 nitrogen and oxygen atoms in total. The Balaban J connectivity index is 2.22. The molecule has 0 aliphatic carbocycles. The molecule has 0 aliphatic heterocycles. The van der Waals surface area contributed by atoms with Gasteiger partial charge >= 0.3 is 0 Å². The SMILES string of the molecule is Cc1ccc(CC(Cl)c2c(F)cccc2Br)cc1. The summed E-state index contributed by atoms with van der Waals surface area (Å²) >= 11 is 9.67. The molecule has 94 valence electrons.